The predicted molar refractivity (Wildman–Crippen MR) is 84.8 cm³/mol. The minimum atomic E-state index is 0.639. The van der Waals surface area contributed by atoms with E-state index in [2.05, 4.69) is 6.07 Å². The molecule has 0 aromatic heterocycles. The van der Waals surface area contributed by atoms with E-state index in [1.165, 1.54) is 31.2 Å². The summed E-state index contributed by atoms with van der Waals surface area (Å²) in [7, 11) is 0. The van der Waals surface area contributed by atoms with Crippen molar-refractivity contribution < 1.29 is 9.47 Å². The molecular formula is C18H27NO2. The van der Waals surface area contributed by atoms with Gasteiger partial charge in [0, 0.05) is 0 Å². The second-order valence-electron chi connectivity index (χ2n) is 6.46. The Morgan fingerprint density at radius 1 is 1.19 bits per heavy atom. The summed E-state index contributed by atoms with van der Waals surface area (Å²) < 4.78 is 12.0. The van der Waals surface area contributed by atoms with E-state index in [9.17, 15) is 0 Å². The van der Waals surface area contributed by atoms with Gasteiger partial charge in [0.15, 0.2) is 11.5 Å². The van der Waals surface area contributed by atoms with Crippen LogP contribution in [0.15, 0.2) is 18.2 Å². The molecule has 1 aromatic carbocycles. The molecule has 0 radical (unpaired) electrons. The van der Waals surface area contributed by atoms with Gasteiger partial charge in [-0.15, -0.1) is 0 Å². The molecule has 2 aliphatic rings. The number of para-hydroxylation sites is 1. The predicted octanol–water partition coefficient (Wildman–Crippen LogP) is 3.40. The fraction of sp³-hybridized carbons (Fsp3) is 0.667. The van der Waals surface area contributed by atoms with E-state index in [1.54, 1.807) is 0 Å². The van der Waals surface area contributed by atoms with E-state index in [-0.39, 0.29) is 0 Å². The van der Waals surface area contributed by atoms with Crippen LogP contribution >= 0.6 is 0 Å². The van der Waals surface area contributed by atoms with Gasteiger partial charge in [-0.3, -0.25) is 0 Å². The maximum atomic E-state index is 6.23. The van der Waals surface area contributed by atoms with E-state index < -0.39 is 0 Å². The molecule has 21 heavy (non-hydrogen) atoms. The lowest BCUT2D eigenvalue weighted by Crippen LogP contribution is -2.19. The molecule has 3 unspecified atom stereocenters. The van der Waals surface area contributed by atoms with Crippen molar-refractivity contribution in [3.05, 3.63) is 23.8 Å². The summed E-state index contributed by atoms with van der Waals surface area (Å²) in [5, 5.41) is 0. The topological polar surface area (TPSA) is 44.5 Å². The molecule has 3 heteroatoms. The Hall–Kier alpha value is -1.22. The lowest BCUT2D eigenvalue weighted by Gasteiger charge is -2.23. The van der Waals surface area contributed by atoms with Gasteiger partial charge in [-0.25, -0.2) is 0 Å². The third-order valence-electron chi connectivity index (χ3n) is 5.10. The molecule has 2 N–H and O–H groups in total. The Kier molecular flexibility index (Phi) is 4.69. The summed E-state index contributed by atoms with van der Waals surface area (Å²) in [5.74, 6) is 4.39. The van der Waals surface area contributed by atoms with Crippen molar-refractivity contribution in [1.82, 2.24) is 0 Å². The van der Waals surface area contributed by atoms with Crippen LogP contribution in [-0.4, -0.2) is 19.8 Å². The van der Waals surface area contributed by atoms with Gasteiger partial charge >= 0.3 is 0 Å². The number of hydrogen-bond donors (Lipinski definition) is 1. The Morgan fingerprint density at radius 2 is 2.10 bits per heavy atom. The molecule has 116 valence electrons. The summed E-state index contributed by atoms with van der Waals surface area (Å²) >= 11 is 0. The fourth-order valence-corrected chi connectivity index (χ4v) is 4.12. The van der Waals surface area contributed by atoms with Crippen molar-refractivity contribution in [2.24, 2.45) is 23.5 Å². The standard InChI is InChI=1S/C18H27NO2/c1-2-20-17-5-3-4-14(8-9-19)18(17)21-12-16-11-13-6-7-15(16)10-13/h3-5,13,15-16H,2,6-12,19H2,1H3. The first-order chi connectivity index (χ1) is 10.3. The largest absolute Gasteiger partial charge is 0.490 e. The third-order valence-corrected chi connectivity index (χ3v) is 5.10. The van der Waals surface area contributed by atoms with Gasteiger partial charge in [0.2, 0.25) is 0 Å². The summed E-state index contributed by atoms with van der Waals surface area (Å²) in [4.78, 5) is 0. The van der Waals surface area contributed by atoms with Crippen molar-refractivity contribution in [3.8, 4) is 11.5 Å². The molecule has 1 aromatic rings. The normalized spacial score (nSPS) is 27.0. The maximum Gasteiger partial charge on any atom is 0.164 e. The Labute approximate surface area is 127 Å². The minimum absolute atomic E-state index is 0.639. The highest BCUT2D eigenvalue weighted by atomic mass is 16.5. The molecular weight excluding hydrogens is 262 g/mol. The molecule has 0 saturated heterocycles. The Balaban J connectivity index is 1.70. The average Bonchev–Trinajstić information content (AvgIpc) is 3.10. The fourth-order valence-electron chi connectivity index (χ4n) is 4.12. The summed E-state index contributed by atoms with van der Waals surface area (Å²) in [6.07, 6.45) is 6.47. The Morgan fingerprint density at radius 3 is 2.76 bits per heavy atom. The second-order valence-corrected chi connectivity index (χ2v) is 6.46. The van der Waals surface area contributed by atoms with Crippen LogP contribution in [0.5, 0.6) is 11.5 Å². The van der Waals surface area contributed by atoms with Crippen molar-refractivity contribution in [2.75, 3.05) is 19.8 Å². The van der Waals surface area contributed by atoms with E-state index in [0.29, 0.717) is 13.2 Å². The molecule has 3 rings (SSSR count). The van der Waals surface area contributed by atoms with Gasteiger partial charge in [0.1, 0.15) is 0 Å². The average molecular weight is 289 g/mol. The van der Waals surface area contributed by atoms with Gasteiger partial charge in [-0.05, 0) is 68.5 Å². The summed E-state index contributed by atoms with van der Waals surface area (Å²) in [6, 6.07) is 6.13. The third kappa shape index (κ3) is 3.18. The van der Waals surface area contributed by atoms with Crippen LogP contribution in [0.25, 0.3) is 0 Å². The minimum Gasteiger partial charge on any atom is -0.490 e. The van der Waals surface area contributed by atoms with E-state index in [4.69, 9.17) is 15.2 Å². The lowest BCUT2D eigenvalue weighted by atomic mass is 9.89. The molecule has 0 aliphatic heterocycles. The lowest BCUT2D eigenvalue weighted by molar-refractivity contribution is 0.186. The SMILES string of the molecule is CCOc1cccc(CCN)c1OCC1CC2CCC1C2. The van der Waals surface area contributed by atoms with Crippen LogP contribution < -0.4 is 15.2 Å². The summed E-state index contributed by atoms with van der Waals surface area (Å²) in [5.41, 5.74) is 6.90. The zero-order valence-corrected chi connectivity index (χ0v) is 13.0. The van der Waals surface area contributed by atoms with E-state index in [0.717, 1.165) is 42.3 Å². The smallest absolute Gasteiger partial charge is 0.164 e. The molecule has 0 heterocycles. The summed E-state index contributed by atoms with van der Waals surface area (Å²) in [6.45, 7) is 4.15. The maximum absolute atomic E-state index is 6.23. The van der Waals surface area contributed by atoms with Crippen LogP contribution in [0.3, 0.4) is 0 Å². The van der Waals surface area contributed by atoms with Gasteiger partial charge in [0.05, 0.1) is 13.2 Å². The van der Waals surface area contributed by atoms with E-state index in [1.807, 2.05) is 19.1 Å². The van der Waals surface area contributed by atoms with Crippen LogP contribution in [0.1, 0.15) is 38.2 Å². The molecule has 3 nitrogen and oxygen atoms in total. The number of hydrogen-bond acceptors (Lipinski definition) is 3. The van der Waals surface area contributed by atoms with Crippen LogP contribution in [-0.2, 0) is 6.42 Å². The van der Waals surface area contributed by atoms with Gasteiger partial charge in [-0.1, -0.05) is 18.6 Å². The molecule has 2 saturated carbocycles. The van der Waals surface area contributed by atoms with Crippen molar-refractivity contribution in [2.45, 2.75) is 39.0 Å². The zero-order valence-electron chi connectivity index (χ0n) is 13.0. The monoisotopic (exact) mass is 289 g/mol. The molecule has 0 spiro atoms. The van der Waals surface area contributed by atoms with Gasteiger partial charge < -0.3 is 15.2 Å². The molecule has 2 fully saturated rings. The van der Waals surface area contributed by atoms with E-state index >= 15 is 0 Å². The number of nitrogens with two attached hydrogens (primary N) is 1. The van der Waals surface area contributed by atoms with Gasteiger partial charge in [0.25, 0.3) is 0 Å². The number of fused-ring (bicyclic) bond motifs is 2. The van der Waals surface area contributed by atoms with Crippen LogP contribution in [0, 0.1) is 17.8 Å². The number of benzene rings is 1. The highest BCUT2D eigenvalue weighted by molar-refractivity contribution is 5.46. The van der Waals surface area contributed by atoms with Crippen LogP contribution in [0.4, 0.5) is 0 Å². The highest BCUT2D eigenvalue weighted by Crippen LogP contribution is 2.48. The number of rotatable bonds is 7. The molecule has 3 atom stereocenters. The van der Waals surface area contributed by atoms with Crippen molar-refractivity contribution in [3.63, 3.8) is 0 Å². The first-order valence-electron chi connectivity index (χ1n) is 8.39. The van der Waals surface area contributed by atoms with Crippen molar-refractivity contribution in [1.29, 1.82) is 0 Å². The van der Waals surface area contributed by atoms with Crippen molar-refractivity contribution >= 4 is 0 Å². The van der Waals surface area contributed by atoms with Crippen LogP contribution in [0.2, 0.25) is 0 Å². The number of ether oxygens (including phenoxy) is 2. The quantitative estimate of drug-likeness (QED) is 0.836. The zero-order chi connectivity index (χ0) is 14.7. The first-order valence-corrected chi connectivity index (χ1v) is 8.39. The second kappa shape index (κ2) is 6.69. The molecule has 0 amide bonds. The molecule has 2 bridgehead atoms. The molecule has 2 aliphatic carbocycles. The van der Waals surface area contributed by atoms with Gasteiger partial charge in [-0.2, -0.15) is 0 Å². The first kappa shape index (κ1) is 14.7. The Bertz CT molecular complexity index is 450. The highest BCUT2D eigenvalue weighted by Gasteiger charge is 2.39.